The number of rotatable bonds is 3. The minimum Gasteiger partial charge on any atom is -0.488 e. The van der Waals surface area contributed by atoms with Gasteiger partial charge in [-0.2, -0.15) is 4.98 Å². The number of aromatic nitrogens is 2. The molecular formula is C15H13IN4O. The highest BCUT2D eigenvalue weighted by Gasteiger charge is 2.10. The fraction of sp³-hybridized carbons (Fsp3) is 0.0667. The number of nitrogen functional groups attached to an aromatic ring is 2. The Morgan fingerprint density at radius 2 is 1.81 bits per heavy atom. The van der Waals surface area contributed by atoms with Gasteiger partial charge in [-0.15, -0.1) is 0 Å². The Bertz CT molecular complexity index is 807. The standard InChI is InChI=1S/C15H13IN4O/c16-10-5-2-1-4-9(10)8-21-12-7-3-6-11-13(12)14(17)20-15(18)19-11/h1-7H,8H2,(H4,17,18,19,20). The van der Waals surface area contributed by atoms with Gasteiger partial charge in [0, 0.05) is 9.13 Å². The summed E-state index contributed by atoms with van der Waals surface area (Å²) in [6.45, 7) is 0.460. The van der Waals surface area contributed by atoms with Crippen molar-refractivity contribution in [1.29, 1.82) is 0 Å². The van der Waals surface area contributed by atoms with E-state index in [0.29, 0.717) is 29.1 Å². The van der Waals surface area contributed by atoms with Gasteiger partial charge >= 0.3 is 0 Å². The van der Waals surface area contributed by atoms with E-state index in [0.717, 1.165) is 9.13 Å². The normalized spacial score (nSPS) is 10.7. The highest BCUT2D eigenvalue weighted by atomic mass is 127. The zero-order valence-corrected chi connectivity index (χ0v) is 13.2. The quantitative estimate of drug-likeness (QED) is 0.670. The van der Waals surface area contributed by atoms with Crippen LogP contribution in [0.3, 0.4) is 0 Å². The molecule has 0 saturated carbocycles. The number of benzene rings is 2. The SMILES string of the molecule is Nc1nc(N)c2c(OCc3ccccc3I)cccc2n1. The maximum absolute atomic E-state index is 5.94. The Morgan fingerprint density at radius 1 is 1.00 bits per heavy atom. The molecule has 0 bridgehead atoms. The zero-order valence-electron chi connectivity index (χ0n) is 11.1. The molecule has 3 aromatic rings. The Hall–Kier alpha value is -2.09. The summed E-state index contributed by atoms with van der Waals surface area (Å²) in [5.41, 5.74) is 13.4. The lowest BCUT2D eigenvalue weighted by Crippen LogP contribution is -2.03. The average Bonchev–Trinajstić information content (AvgIpc) is 2.45. The summed E-state index contributed by atoms with van der Waals surface area (Å²) in [7, 11) is 0. The highest BCUT2D eigenvalue weighted by Crippen LogP contribution is 2.29. The van der Waals surface area contributed by atoms with Gasteiger partial charge in [0.2, 0.25) is 5.95 Å². The van der Waals surface area contributed by atoms with Crippen LogP contribution in [-0.2, 0) is 6.61 Å². The number of anilines is 2. The molecule has 106 valence electrons. The maximum atomic E-state index is 5.94. The largest absolute Gasteiger partial charge is 0.488 e. The van der Waals surface area contributed by atoms with Crippen molar-refractivity contribution in [2.75, 3.05) is 11.5 Å². The van der Waals surface area contributed by atoms with Crippen LogP contribution >= 0.6 is 22.6 Å². The molecule has 0 unspecified atom stereocenters. The smallest absolute Gasteiger partial charge is 0.222 e. The van der Waals surface area contributed by atoms with Crippen molar-refractivity contribution in [3.63, 3.8) is 0 Å². The highest BCUT2D eigenvalue weighted by molar-refractivity contribution is 14.1. The Labute approximate surface area is 135 Å². The molecule has 0 aliphatic heterocycles. The van der Waals surface area contributed by atoms with E-state index in [1.165, 1.54) is 0 Å². The first-order chi connectivity index (χ1) is 10.1. The Balaban J connectivity index is 1.96. The van der Waals surface area contributed by atoms with Crippen LogP contribution in [0.4, 0.5) is 11.8 Å². The molecule has 0 saturated heterocycles. The van der Waals surface area contributed by atoms with E-state index in [4.69, 9.17) is 16.2 Å². The summed E-state index contributed by atoms with van der Waals surface area (Å²) < 4.78 is 7.06. The monoisotopic (exact) mass is 392 g/mol. The lowest BCUT2D eigenvalue weighted by Gasteiger charge is -2.11. The van der Waals surface area contributed by atoms with Crippen molar-refractivity contribution in [1.82, 2.24) is 9.97 Å². The fourth-order valence-corrected chi connectivity index (χ4v) is 2.63. The molecule has 0 aliphatic rings. The number of fused-ring (bicyclic) bond motifs is 1. The Morgan fingerprint density at radius 3 is 2.62 bits per heavy atom. The molecule has 0 atom stereocenters. The van der Waals surface area contributed by atoms with Crippen molar-refractivity contribution in [2.24, 2.45) is 0 Å². The van der Waals surface area contributed by atoms with Crippen LogP contribution in [0.2, 0.25) is 0 Å². The van der Waals surface area contributed by atoms with Crippen LogP contribution in [0, 0.1) is 3.57 Å². The molecule has 6 heteroatoms. The van der Waals surface area contributed by atoms with Crippen LogP contribution in [-0.4, -0.2) is 9.97 Å². The predicted octanol–water partition coefficient (Wildman–Crippen LogP) is 2.98. The summed E-state index contributed by atoms with van der Waals surface area (Å²) in [5.74, 6) is 1.15. The van der Waals surface area contributed by atoms with Gasteiger partial charge in [0.15, 0.2) is 0 Å². The van der Waals surface area contributed by atoms with Gasteiger partial charge in [-0.3, -0.25) is 0 Å². The average molecular weight is 392 g/mol. The van der Waals surface area contributed by atoms with Crippen LogP contribution in [0.1, 0.15) is 5.56 Å². The predicted molar refractivity (Wildman–Crippen MR) is 91.9 cm³/mol. The van der Waals surface area contributed by atoms with Gasteiger partial charge in [0.1, 0.15) is 18.2 Å². The Kier molecular flexibility index (Phi) is 3.78. The van der Waals surface area contributed by atoms with Gasteiger partial charge in [0.25, 0.3) is 0 Å². The molecule has 3 rings (SSSR count). The molecule has 0 radical (unpaired) electrons. The molecule has 5 nitrogen and oxygen atoms in total. The van der Waals surface area contributed by atoms with Crippen molar-refractivity contribution >= 4 is 45.3 Å². The molecule has 2 aromatic carbocycles. The summed E-state index contributed by atoms with van der Waals surface area (Å²) in [6.07, 6.45) is 0. The third kappa shape index (κ3) is 2.85. The minimum absolute atomic E-state index is 0.162. The van der Waals surface area contributed by atoms with Crippen LogP contribution < -0.4 is 16.2 Å². The summed E-state index contributed by atoms with van der Waals surface area (Å²) in [5, 5.41) is 0.692. The number of nitrogens with zero attached hydrogens (tertiary/aromatic N) is 2. The molecular weight excluding hydrogens is 379 g/mol. The number of hydrogen-bond donors (Lipinski definition) is 2. The lowest BCUT2D eigenvalue weighted by molar-refractivity contribution is 0.309. The van der Waals surface area contributed by atoms with Crippen LogP contribution in [0.25, 0.3) is 10.9 Å². The summed E-state index contributed by atoms with van der Waals surface area (Å²) >= 11 is 2.29. The van der Waals surface area contributed by atoms with Gasteiger partial charge in [-0.05, 0) is 40.8 Å². The topological polar surface area (TPSA) is 87.0 Å². The zero-order chi connectivity index (χ0) is 14.8. The second-order valence-corrected chi connectivity index (χ2v) is 5.66. The van der Waals surface area contributed by atoms with Crippen molar-refractivity contribution in [2.45, 2.75) is 6.61 Å². The minimum atomic E-state index is 0.162. The number of ether oxygens (including phenoxy) is 1. The lowest BCUT2D eigenvalue weighted by atomic mass is 10.2. The van der Waals surface area contributed by atoms with E-state index >= 15 is 0 Å². The van der Waals surface area contributed by atoms with E-state index in [1.54, 1.807) is 0 Å². The van der Waals surface area contributed by atoms with Gasteiger partial charge in [-0.25, -0.2) is 4.98 Å². The van der Waals surface area contributed by atoms with Gasteiger partial charge < -0.3 is 16.2 Å². The van der Waals surface area contributed by atoms with E-state index < -0.39 is 0 Å². The number of hydrogen-bond acceptors (Lipinski definition) is 5. The summed E-state index contributed by atoms with van der Waals surface area (Å²) in [6, 6.07) is 13.6. The van der Waals surface area contributed by atoms with Crippen molar-refractivity contribution < 1.29 is 4.74 Å². The molecule has 0 amide bonds. The number of halogens is 1. The van der Waals surface area contributed by atoms with Gasteiger partial charge in [0.05, 0.1) is 10.9 Å². The third-order valence-electron chi connectivity index (χ3n) is 3.07. The van der Waals surface area contributed by atoms with Crippen LogP contribution in [0.5, 0.6) is 5.75 Å². The molecule has 1 heterocycles. The van der Waals surface area contributed by atoms with E-state index in [9.17, 15) is 0 Å². The van der Waals surface area contributed by atoms with Gasteiger partial charge in [-0.1, -0.05) is 24.3 Å². The third-order valence-corrected chi connectivity index (χ3v) is 4.12. The molecule has 1 aromatic heterocycles. The van der Waals surface area contributed by atoms with Crippen molar-refractivity contribution in [3.8, 4) is 5.75 Å². The van der Waals surface area contributed by atoms with Crippen LogP contribution in [0.15, 0.2) is 42.5 Å². The first kappa shape index (κ1) is 13.9. The first-order valence-corrected chi connectivity index (χ1v) is 7.41. The van der Waals surface area contributed by atoms with E-state index in [1.807, 2.05) is 42.5 Å². The maximum Gasteiger partial charge on any atom is 0.222 e. The van der Waals surface area contributed by atoms with E-state index in [-0.39, 0.29) is 5.95 Å². The second kappa shape index (κ2) is 5.72. The molecule has 0 fully saturated rings. The fourth-order valence-electron chi connectivity index (χ4n) is 2.09. The molecule has 0 aliphatic carbocycles. The van der Waals surface area contributed by atoms with Crippen molar-refractivity contribution in [3.05, 3.63) is 51.6 Å². The van der Waals surface area contributed by atoms with E-state index in [2.05, 4.69) is 32.6 Å². The molecule has 0 spiro atoms. The molecule has 4 N–H and O–H groups in total. The molecule has 21 heavy (non-hydrogen) atoms. The first-order valence-electron chi connectivity index (χ1n) is 6.33. The number of nitrogens with two attached hydrogens (primary N) is 2. The summed E-state index contributed by atoms with van der Waals surface area (Å²) in [4.78, 5) is 8.17. The second-order valence-electron chi connectivity index (χ2n) is 4.50.